The predicted molar refractivity (Wildman–Crippen MR) is 117 cm³/mol. The largest absolute Gasteiger partial charge is 0.459 e. The molecule has 0 aliphatic carbocycles. The number of aromatic amines is 1. The molecule has 2 aromatic carbocycles. The fourth-order valence-electron chi connectivity index (χ4n) is 3.66. The molecule has 1 fully saturated rings. The van der Waals surface area contributed by atoms with Crippen molar-refractivity contribution in [3.05, 3.63) is 105 Å². The second kappa shape index (κ2) is 9.44. The van der Waals surface area contributed by atoms with E-state index in [1.165, 1.54) is 19.1 Å². The van der Waals surface area contributed by atoms with Crippen molar-refractivity contribution in [2.24, 2.45) is 0 Å². The second-order valence-corrected chi connectivity index (χ2v) is 7.92. The summed E-state index contributed by atoms with van der Waals surface area (Å²) in [5, 5.41) is 0. The highest BCUT2D eigenvalue weighted by Crippen LogP contribution is 2.41. The summed E-state index contributed by atoms with van der Waals surface area (Å²) in [5.74, 6) is -1.49. The van der Waals surface area contributed by atoms with E-state index < -0.39 is 53.9 Å². The average Bonchev–Trinajstić information content (AvgIpc) is 3.09. The van der Waals surface area contributed by atoms with Gasteiger partial charge in [-0.25, -0.2) is 18.8 Å². The van der Waals surface area contributed by atoms with E-state index in [4.69, 9.17) is 14.2 Å². The van der Waals surface area contributed by atoms with Crippen LogP contribution in [0.1, 0.15) is 33.9 Å². The van der Waals surface area contributed by atoms with Gasteiger partial charge in [0.15, 0.2) is 18.5 Å². The van der Waals surface area contributed by atoms with Gasteiger partial charge in [-0.3, -0.25) is 14.3 Å². The molecule has 1 aliphatic rings. The van der Waals surface area contributed by atoms with E-state index >= 15 is 4.39 Å². The molecule has 1 saturated heterocycles. The Bertz CT molecular complexity index is 1290. The minimum Gasteiger partial charge on any atom is -0.459 e. The molecular formula is C24H21FN2O7. The summed E-state index contributed by atoms with van der Waals surface area (Å²) in [5.41, 5.74) is -2.76. The molecule has 34 heavy (non-hydrogen) atoms. The molecule has 9 nitrogen and oxygen atoms in total. The lowest BCUT2D eigenvalue weighted by Gasteiger charge is -2.29. The highest BCUT2D eigenvalue weighted by Gasteiger charge is 2.57. The molecular weight excluding hydrogens is 447 g/mol. The van der Waals surface area contributed by atoms with Crippen molar-refractivity contribution >= 4 is 11.9 Å². The van der Waals surface area contributed by atoms with Crippen LogP contribution in [0, 0.1) is 0 Å². The summed E-state index contributed by atoms with van der Waals surface area (Å²) in [6, 6.07) is 17.1. The van der Waals surface area contributed by atoms with E-state index in [-0.39, 0.29) is 11.1 Å². The summed E-state index contributed by atoms with van der Waals surface area (Å²) >= 11 is 0. The minimum atomic E-state index is -2.02. The molecule has 0 radical (unpaired) electrons. The van der Waals surface area contributed by atoms with E-state index in [1.54, 1.807) is 48.5 Å². The number of ether oxygens (including phenoxy) is 3. The molecule has 0 spiro atoms. The fraction of sp³-hybridized carbons (Fsp3) is 0.250. The number of hydrogen-bond donors (Lipinski definition) is 1. The highest BCUT2D eigenvalue weighted by atomic mass is 19.1. The summed E-state index contributed by atoms with van der Waals surface area (Å²) < 4.78 is 33.1. The number of nitrogens with one attached hydrogen (secondary N) is 1. The van der Waals surface area contributed by atoms with Crippen LogP contribution in [0.25, 0.3) is 0 Å². The van der Waals surface area contributed by atoms with Crippen molar-refractivity contribution in [1.29, 1.82) is 0 Å². The quantitative estimate of drug-likeness (QED) is 0.552. The first-order chi connectivity index (χ1) is 16.3. The summed E-state index contributed by atoms with van der Waals surface area (Å²) in [4.78, 5) is 50.8. The Hall–Kier alpha value is -4.05. The Morgan fingerprint density at radius 1 is 1.00 bits per heavy atom. The zero-order valence-electron chi connectivity index (χ0n) is 18.1. The van der Waals surface area contributed by atoms with Crippen LogP contribution in [0.2, 0.25) is 0 Å². The molecule has 0 bridgehead atoms. The maximum Gasteiger partial charge on any atom is 0.338 e. The molecule has 4 atom stereocenters. The number of hydrogen-bond acceptors (Lipinski definition) is 7. The fourth-order valence-corrected chi connectivity index (χ4v) is 3.66. The first kappa shape index (κ1) is 23.1. The lowest BCUT2D eigenvalue weighted by molar-refractivity contribution is -0.122. The van der Waals surface area contributed by atoms with Gasteiger partial charge in [0.1, 0.15) is 12.2 Å². The number of rotatable bonds is 6. The lowest BCUT2D eigenvalue weighted by Crippen LogP contribution is -2.46. The number of nitrogens with zero attached hydrogens (tertiary/aromatic N) is 1. The predicted octanol–water partition coefficient (Wildman–Crippen LogP) is 2.24. The Morgan fingerprint density at radius 3 is 2.18 bits per heavy atom. The average molecular weight is 468 g/mol. The minimum absolute atomic E-state index is 0.183. The molecule has 0 amide bonds. The molecule has 2 heterocycles. The van der Waals surface area contributed by atoms with E-state index in [0.717, 1.165) is 16.8 Å². The molecule has 1 aromatic heterocycles. The van der Waals surface area contributed by atoms with Crippen molar-refractivity contribution < 1.29 is 28.2 Å². The van der Waals surface area contributed by atoms with Gasteiger partial charge in [-0.15, -0.1) is 0 Å². The zero-order chi connectivity index (χ0) is 24.3. The SMILES string of the molecule is C[C@]1(COC(=O)c2ccccc2)O[C@@H](n2ccc(=O)[nH]c2=O)[C@@H](F)[C@@H]1OC(=O)c1ccccc1. The van der Waals surface area contributed by atoms with Crippen molar-refractivity contribution in [1.82, 2.24) is 9.55 Å². The monoisotopic (exact) mass is 468 g/mol. The van der Waals surface area contributed by atoms with Crippen molar-refractivity contribution in [3.63, 3.8) is 0 Å². The Labute approximate surface area is 192 Å². The molecule has 176 valence electrons. The number of benzene rings is 2. The number of halogens is 1. The third-order valence-corrected chi connectivity index (χ3v) is 5.42. The van der Waals surface area contributed by atoms with Gasteiger partial charge in [0.05, 0.1) is 11.1 Å². The molecule has 1 aliphatic heterocycles. The summed E-state index contributed by atoms with van der Waals surface area (Å²) in [6.07, 6.45) is -4.02. The molecule has 1 N–H and O–H groups in total. The Kier molecular flexibility index (Phi) is 6.42. The first-order valence-corrected chi connectivity index (χ1v) is 10.4. The maximum atomic E-state index is 15.6. The van der Waals surface area contributed by atoms with Gasteiger partial charge in [-0.1, -0.05) is 36.4 Å². The summed E-state index contributed by atoms with van der Waals surface area (Å²) in [6.45, 7) is 0.944. The first-order valence-electron chi connectivity index (χ1n) is 10.4. The van der Waals surface area contributed by atoms with E-state index in [9.17, 15) is 19.2 Å². The number of carbonyl (C=O) groups is 2. The lowest BCUT2D eigenvalue weighted by atomic mass is 9.98. The van der Waals surface area contributed by atoms with Gasteiger partial charge < -0.3 is 14.2 Å². The number of aromatic nitrogens is 2. The summed E-state index contributed by atoms with van der Waals surface area (Å²) in [7, 11) is 0. The van der Waals surface area contributed by atoms with Crippen LogP contribution in [0.4, 0.5) is 4.39 Å². The molecule has 0 unspecified atom stereocenters. The van der Waals surface area contributed by atoms with Crippen molar-refractivity contribution in [3.8, 4) is 0 Å². The smallest absolute Gasteiger partial charge is 0.338 e. The number of H-pyrrole nitrogens is 1. The van der Waals surface area contributed by atoms with Crippen LogP contribution in [0.3, 0.4) is 0 Å². The van der Waals surface area contributed by atoms with Gasteiger partial charge >= 0.3 is 17.6 Å². The van der Waals surface area contributed by atoms with Crippen LogP contribution in [-0.4, -0.2) is 46.0 Å². The normalized spacial score (nSPS) is 23.9. The van der Waals surface area contributed by atoms with Crippen molar-refractivity contribution in [2.75, 3.05) is 6.61 Å². The topological polar surface area (TPSA) is 117 Å². The third kappa shape index (κ3) is 4.67. The molecule has 4 rings (SSSR count). The standard InChI is InChI=1S/C24H21FN2O7/c1-24(14-32-21(29)15-8-4-2-5-9-15)19(33-22(30)16-10-6-3-7-11-16)18(25)20(34-24)27-13-12-17(28)26-23(27)31/h2-13,18-20H,14H2,1H3,(H,26,28,31)/t18-,19-,20+,24+/m0/s1. The van der Waals surface area contributed by atoms with Gasteiger partial charge in [-0.2, -0.15) is 0 Å². The molecule has 10 heteroatoms. The maximum absolute atomic E-state index is 15.6. The van der Waals surface area contributed by atoms with E-state index in [2.05, 4.69) is 0 Å². The van der Waals surface area contributed by atoms with E-state index in [1.807, 2.05) is 4.98 Å². The van der Waals surface area contributed by atoms with Gasteiger partial charge in [-0.05, 0) is 31.2 Å². The Balaban J connectivity index is 1.62. The highest BCUT2D eigenvalue weighted by molar-refractivity contribution is 5.90. The zero-order valence-corrected chi connectivity index (χ0v) is 18.1. The van der Waals surface area contributed by atoms with Gasteiger partial charge in [0, 0.05) is 12.3 Å². The van der Waals surface area contributed by atoms with Crippen LogP contribution in [0.5, 0.6) is 0 Å². The Morgan fingerprint density at radius 2 is 1.59 bits per heavy atom. The van der Waals surface area contributed by atoms with E-state index in [0.29, 0.717) is 0 Å². The number of carbonyl (C=O) groups excluding carboxylic acids is 2. The van der Waals surface area contributed by atoms with Crippen LogP contribution in [-0.2, 0) is 14.2 Å². The van der Waals surface area contributed by atoms with Crippen LogP contribution >= 0.6 is 0 Å². The van der Waals surface area contributed by atoms with Crippen LogP contribution < -0.4 is 11.2 Å². The number of esters is 2. The van der Waals surface area contributed by atoms with Gasteiger partial charge in [0.25, 0.3) is 5.56 Å². The molecule has 0 saturated carbocycles. The second-order valence-electron chi connectivity index (χ2n) is 7.92. The van der Waals surface area contributed by atoms with Gasteiger partial charge in [0.2, 0.25) is 0 Å². The van der Waals surface area contributed by atoms with Crippen LogP contribution in [0.15, 0.2) is 82.5 Å². The molecule has 3 aromatic rings. The van der Waals surface area contributed by atoms with Crippen molar-refractivity contribution in [2.45, 2.75) is 31.0 Å². The number of alkyl halides is 1. The third-order valence-electron chi connectivity index (χ3n) is 5.42.